The summed E-state index contributed by atoms with van der Waals surface area (Å²) in [5.41, 5.74) is 2.68. The zero-order valence-electron chi connectivity index (χ0n) is 19.9. The van der Waals surface area contributed by atoms with Crippen molar-refractivity contribution in [2.24, 2.45) is 0 Å². The van der Waals surface area contributed by atoms with Crippen LogP contribution in [0, 0.1) is 6.92 Å². The van der Waals surface area contributed by atoms with Crippen molar-refractivity contribution in [3.63, 3.8) is 0 Å². The highest BCUT2D eigenvalue weighted by Gasteiger charge is 2.42. The first kappa shape index (κ1) is 23.4. The maximum absolute atomic E-state index is 12.9. The van der Waals surface area contributed by atoms with Crippen LogP contribution in [0.15, 0.2) is 48.5 Å². The Bertz CT molecular complexity index is 1250. The van der Waals surface area contributed by atoms with Gasteiger partial charge < -0.3 is 5.32 Å². The largest absolute Gasteiger partial charge is 0.319 e. The fourth-order valence-electron chi connectivity index (χ4n) is 4.51. The van der Waals surface area contributed by atoms with Crippen molar-refractivity contribution in [1.29, 1.82) is 0 Å². The Morgan fingerprint density at radius 2 is 1.85 bits per heavy atom. The van der Waals surface area contributed by atoms with Gasteiger partial charge in [-0.25, -0.2) is 9.67 Å². The first-order valence-electron chi connectivity index (χ1n) is 11.5. The lowest BCUT2D eigenvalue weighted by molar-refractivity contribution is -0.138. The summed E-state index contributed by atoms with van der Waals surface area (Å²) >= 11 is 0. The van der Waals surface area contributed by atoms with E-state index < -0.39 is 11.3 Å². The van der Waals surface area contributed by atoms with Crippen LogP contribution >= 0.6 is 0 Å². The smallest absolute Gasteiger partial charge is 0.295 e. The molecule has 0 spiro atoms. The third-order valence-corrected chi connectivity index (χ3v) is 6.52. The van der Waals surface area contributed by atoms with Crippen LogP contribution in [0.3, 0.4) is 0 Å². The van der Waals surface area contributed by atoms with Gasteiger partial charge in [0.25, 0.3) is 5.91 Å². The van der Waals surface area contributed by atoms with Crippen molar-refractivity contribution in [1.82, 2.24) is 20.1 Å². The molecule has 0 radical (unpaired) electrons. The monoisotopic (exact) mass is 459 g/mol. The number of carbonyl (C=O) groups excluding carboxylic acids is 3. The second-order valence-electron chi connectivity index (χ2n) is 8.95. The highest BCUT2D eigenvalue weighted by atomic mass is 16.2. The van der Waals surface area contributed by atoms with Crippen molar-refractivity contribution in [3.8, 4) is 5.69 Å². The maximum Gasteiger partial charge on any atom is 0.295 e. The Kier molecular flexibility index (Phi) is 6.32. The maximum atomic E-state index is 12.9. The molecule has 3 aromatic rings. The molecule has 2 heterocycles. The van der Waals surface area contributed by atoms with E-state index in [0.29, 0.717) is 36.7 Å². The number of carbonyl (C=O) groups is 3. The number of imide groups is 1. The molecule has 1 aliphatic rings. The number of amides is 3. The lowest BCUT2D eigenvalue weighted by Gasteiger charge is -2.35. The third-order valence-electron chi connectivity index (χ3n) is 6.52. The van der Waals surface area contributed by atoms with Gasteiger partial charge in [0.1, 0.15) is 5.82 Å². The molecule has 0 aliphatic carbocycles. The molecular weight excluding hydrogens is 430 g/mol. The summed E-state index contributed by atoms with van der Waals surface area (Å²) in [5.74, 6) is 0.0759. The van der Waals surface area contributed by atoms with Crippen LogP contribution in [-0.2, 0) is 15.0 Å². The van der Waals surface area contributed by atoms with Gasteiger partial charge in [-0.3, -0.25) is 19.7 Å². The van der Waals surface area contributed by atoms with E-state index >= 15 is 0 Å². The van der Waals surface area contributed by atoms with E-state index in [1.807, 2.05) is 50.2 Å². The molecule has 2 aromatic carbocycles. The molecule has 2 N–H and O–H groups in total. The number of para-hydroxylation sites is 1. The second kappa shape index (κ2) is 9.21. The first-order valence-corrected chi connectivity index (χ1v) is 11.5. The van der Waals surface area contributed by atoms with Crippen LogP contribution in [0.5, 0.6) is 0 Å². The zero-order chi connectivity index (χ0) is 24.5. The summed E-state index contributed by atoms with van der Waals surface area (Å²) in [7, 11) is 0. The average Bonchev–Trinajstić information content (AvgIpc) is 3.22. The Morgan fingerprint density at radius 1 is 1.15 bits per heavy atom. The topological polar surface area (TPSA) is 106 Å². The van der Waals surface area contributed by atoms with Crippen molar-refractivity contribution in [2.45, 2.75) is 58.3 Å². The van der Waals surface area contributed by atoms with Gasteiger partial charge in [-0.05, 0) is 55.0 Å². The minimum absolute atomic E-state index is 0.0790. The molecule has 1 fully saturated rings. The number of benzene rings is 2. The molecule has 0 unspecified atom stereocenters. The quantitative estimate of drug-likeness (QED) is 0.541. The van der Waals surface area contributed by atoms with Crippen molar-refractivity contribution in [2.75, 3.05) is 5.32 Å². The lowest BCUT2D eigenvalue weighted by Crippen LogP contribution is -2.51. The van der Waals surface area contributed by atoms with Gasteiger partial charge in [-0.1, -0.05) is 51.1 Å². The van der Waals surface area contributed by atoms with Gasteiger partial charge in [0.05, 0.1) is 11.1 Å². The zero-order valence-corrected chi connectivity index (χ0v) is 19.9. The minimum atomic E-state index is -0.738. The normalized spacial score (nSPS) is 18.1. The van der Waals surface area contributed by atoms with Crippen LogP contribution in [0.2, 0.25) is 0 Å². The van der Waals surface area contributed by atoms with Gasteiger partial charge in [-0.2, -0.15) is 0 Å². The van der Waals surface area contributed by atoms with E-state index in [4.69, 9.17) is 0 Å². The van der Waals surface area contributed by atoms with Gasteiger partial charge in [-0.15, -0.1) is 5.10 Å². The number of piperidine rings is 1. The van der Waals surface area contributed by atoms with E-state index in [1.54, 1.807) is 16.8 Å². The second-order valence-corrected chi connectivity index (χ2v) is 8.95. The molecule has 0 bridgehead atoms. The standard InChI is InChI=1S/C26H29N5O3/c1-5-26(15-14-22(32)29-25(26)34)18-10-12-19(13-11-18)28-24(33)23-27-17(4)31(30-23)21-9-7-6-8-20(21)16(2)3/h6-13,16H,5,14-15H2,1-4H3,(H,28,33)(H,29,32,34)/t26-/m1/s1. The van der Waals surface area contributed by atoms with Crippen molar-refractivity contribution < 1.29 is 14.4 Å². The molecule has 4 rings (SSSR count). The fourth-order valence-corrected chi connectivity index (χ4v) is 4.51. The van der Waals surface area contributed by atoms with Gasteiger partial charge >= 0.3 is 0 Å². The molecule has 1 aromatic heterocycles. The molecular formula is C26H29N5O3. The van der Waals surface area contributed by atoms with E-state index in [-0.39, 0.29) is 17.6 Å². The SMILES string of the molecule is CC[C@]1(c2ccc(NC(=O)c3nc(C)n(-c4ccccc4C(C)C)n3)cc2)CCC(=O)NC1=O. The predicted octanol–water partition coefficient (Wildman–Crippen LogP) is 4.04. The summed E-state index contributed by atoms with van der Waals surface area (Å²) < 4.78 is 1.70. The van der Waals surface area contributed by atoms with Gasteiger partial charge in [0.15, 0.2) is 0 Å². The first-order chi connectivity index (χ1) is 16.2. The highest BCUT2D eigenvalue weighted by Crippen LogP contribution is 2.36. The van der Waals surface area contributed by atoms with Crippen LogP contribution < -0.4 is 10.6 Å². The minimum Gasteiger partial charge on any atom is -0.319 e. The lowest BCUT2D eigenvalue weighted by atomic mass is 9.72. The molecule has 1 atom stereocenters. The number of anilines is 1. The van der Waals surface area contributed by atoms with Crippen LogP contribution in [-0.4, -0.2) is 32.5 Å². The summed E-state index contributed by atoms with van der Waals surface area (Å²) in [6.07, 6.45) is 1.36. The molecule has 34 heavy (non-hydrogen) atoms. The molecule has 3 amide bonds. The molecule has 0 saturated carbocycles. The Hall–Kier alpha value is -3.81. The van der Waals surface area contributed by atoms with Crippen LogP contribution in [0.4, 0.5) is 5.69 Å². The van der Waals surface area contributed by atoms with E-state index in [2.05, 4.69) is 34.6 Å². The van der Waals surface area contributed by atoms with Crippen LogP contribution in [0.1, 0.15) is 73.5 Å². The van der Waals surface area contributed by atoms with E-state index in [1.165, 1.54) is 0 Å². The molecule has 8 nitrogen and oxygen atoms in total. The number of aryl methyl sites for hydroxylation is 1. The number of hydrogen-bond acceptors (Lipinski definition) is 5. The molecule has 176 valence electrons. The Morgan fingerprint density at radius 3 is 2.50 bits per heavy atom. The number of rotatable bonds is 6. The molecule has 1 aliphatic heterocycles. The predicted molar refractivity (Wildman–Crippen MR) is 129 cm³/mol. The summed E-state index contributed by atoms with van der Waals surface area (Å²) in [4.78, 5) is 41.4. The third kappa shape index (κ3) is 4.23. The van der Waals surface area contributed by atoms with Gasteiger partial charge in [0, 0.05) is 12.1 Å². The Labute approximate surface area is 198 Å². The number of aromatic nitrogens is 3. The van der Waals surface area contributed by atoms with Crippen molar-refractivity contribution in [3.05, 3.63) is 71.3 Å². The van der Waals surface area contributed by atoms with E-state index in [0.717, 1.165) is 16.8 Å². The van der Waals surface area contributed by atoms with Gasteiger partial charge in [0.2, 0.25) is 17.6 Å². The number of hydrogen-bond donors (Lipinski definition) is 2. The molecule has 1 saturated heterocycles. The summed E-state index contributed by atoms with van der Waals surface area (Å²) in [6.45, 7) is 7.98. The highest BCUT2D eigenvalue weighted by molar-refractivity contribution is 6.04. The fraction of sp³-hybridized carbons (Fsp3) is 0.346. The summed E-state index contributed by atoms with van der Waals surface area (Å²) in [5, 5.41) is 9.75. The molecule has 8 heteroatoms. The van der Waals surface area contributed by atoms with Crippen LogP contribution in [0.25, 0.3) is 5.69 Å². The summed E-state index contributed by atoms with van der Waals surface area (Å²) in [6, 6.07) is 15.1. The van der Waals surface area contributed by atoms with E-state index in [9.17, 15) is 14.4 Å². The number of nitrogens with zero attached hydrogens (tertiary/aromatic N) is 3. The van der Waals surface area contributed by atoms with Crippen molar-refractivity contribution >= 4 is 23.4 Å². The Balaban J connectivity index is 1.54. The number of nitrogens with one attached hydrogen (secondary N) is 2. The average molecular weight is 460 g/mol.